The van der Waals surface area contributed by atoms with Crippen LogP contribution in [0.1, 0.15) is 12.5 Å². The average molecular weight is 483 g/mol. The Hall–Kier alpha value is -3.80. The second kappa shape index (κ2) is 10.7. The topological polar surface area (TPSA) is 105 Å². The number of rotatable bonds is 8. The van der Waals surface area contributed by atoms with Gasteiger partial charge in [-0.1, -0.05) is 35.9 Å². The molecule has 0 atom stereocenters. The van der Waals surface area contributed by atoms with Crippen LogP contribution in [0.4, 0.5) is 5.69 Å². The van der Waals surface area contributed by atoms with Gasteiger partial charge in [0.25, 0.3) is 5.91 Å². The maximum atomic E-state index is 12.5. The zero-order valence-electron chi connectivity index (χ0n) is 17.5. The molecule has 3 aromatic rings. The summed E-state index contributed by atoms with van der Waals surface area (Å²) in [6.45, 7) is 2.39. The summed E-state index contributed by atoms with van der Waals surface area (Å²) in [5, 5.41) is 12.1. The molecule has 168 valence electrons. The lowest BCUT2D eigenvalue weighted by atomic mass is 10.1. The summed E-state index contributed by atoms with van der Waals surface area (Å²) in [6.07, 6.45) is 1.34. The number of carbonyl (C=O) groups excluding carboxylic acids is 1. The minimum Gasteiger partial charge on any atom is -0.494 e. The molecule has 0 aliphatic heterocycles. The third-order valence-electron chi connectivity index (χ3n) is 4.29. The molecular weight excluding hydrogens is 464 g/mol. The number of hydrogen-bond acceptors (Lipinski definition) is 6. The van der Waals surface area contributed by atoms with Gasteiger partial charge in [0, 0.05) is 5.69 Å². The Balaban J connectivity index is 1.75. The summed E-state index contributed by atoms with van der Waals surface area (Å²) in [6, 6.07) is 20.5. The minimum atomic E-state index is -4.06. The average Bonchev–Trinajstić information content (AvgIpc) is 2.81. The molecule has 3 rings (SSSR count). The van der Waals surface area contributed by atoms with E-state index in [1.54, 1.807) is 42.5 Å². The van der Waals surface area contributed by atoms with E-state index in [4.69, 9.17) is 20.5 Å². The van der Waals surface area contributed by atoms with Crippen molar-refractivity contribution < 1.29 is 22.1 Å². The Morgan fingerprint density at radius 3 is 2.39 bits per heavy atom. The first-order valence-electron chi connectivity index (χ1n) is 9.77. The fourth-order valence-corrected chi connectivity index (χ4v) is 3.98. The monoisotopic (exact) mass is 482 g/mol. The van der Waals surface area contributed by atoms with Crippen LogP contribution in [0.15, 0.2) is 83.3 Å². The Kier molecular flexibility index (Phi) is 7.72. The van der Waals surface area contributed by atoms with E-state index in [0.717, 1.165) is 0 Å². The van der Waals surface area contributed by atoms with E-state index in [-0.39, 0.29) is 21.2 Å². The molecule has 0 aliphatic carbocycles. The SMILES string of the molecule is CCOc1ccc(NC(=O)/C(C#N)=C/c2ccc(OS(=O)(=O)c3ccccc3)c(Cl)c2)cc1. The predicted molar refractivity (Wildman–Crippen MR) is 126 cm³/mol. The van der Waals surface area contributed by atoms with Gasteiger partial charge in [-0.15, -0.1) is 0 Å². The van der Waals surface area contributed by atoms with Gasteiger partial charge >= 0.3 is 10.1 Å². The normalized spacial score (nSPS) is 11.4. The van der Waals surface area contributed by atoms with Crippen LogP contribution >= 0.6 is 11.6 Å². The van der Waals surface area contributed by atoms with Gasteiger partial charge < -0.3 is 14.2 Å². The van der Waals surface area contributed by atoms with E-state index in [2.05, 4.69) is 5.32 Å². The smallest absolute Gasteiger partial charge is 0.339 e. The molecule has 0 saturated carbocycles. The molecule has 9 heteroatoms. The molecule has 0 bridgehead atoms. The highest BCUT2D eigenvalue weighted by Crippen LogP contribution is 2.29. The van der Waals surface area contributed by atoms with Crippen molar-refractivity contribution in [3.05, 3.63) is 89.0 Å². The fraction of sp³-hybridized carbons (Fsp3) is 0.0833. The summed E-state index contributed by atoms with van der Waals surface area (Å²) in [5.41, 5.74) is 0.755. The third-order valence-corrected chi connectivity index (χ3v) is 5.83. The van der Waals surface area contributed by atoms with Crippen molar-refractivity contribution in [2.24, 2.45) is 0 Å². The molecular formula is C24H19ClN2O5S. The molecule has 1 N–H and O–H groups in total. The van der Waals surface area contributed by atoms with Gasteiger partial charge in [0.2, 0.25) is 0 Å². The van der Waals surface area contributed by atoms with Crippen LogP contribution in [0, 0.1) is 11.3 Å². The van der Waals surface area contributed by atoms with Gasteiger partial charge in [-0.2, -0.15) is 13.7 Å². The van der Waals surface area contributed by atoms with Crippen molar-refractivity contribution >= 4 is 39.4 Å². The Labute approximate surface area is 197 Å². The van der Waals surface area contributed by atoms with E-state index in [9.17, 15) is 18.5 Å². The van der Waals surface area contributed by atoms with Gasteiger partial charge in [0.15, 0.2) is 5.75 Å². The first-order valence-corrected chi connectivity index (χ1v) is 11.6. The van der Waals surface area contributed by atoms with Crippen molar-refractivity contribution in [2.45, 2.75) is 11.8 Å². The second-order valence-electron chi connectivity index (χ2n) is 6.62. The quantitative estimate of drug-likeness (QED) is 0.273. The van der Waals surface area contributed by atoms with Crippen LogP contribution in [0.3, 0.4) is 0 Å². The van der Waals surface area contributed by atoms with E-state index < -0.39 is 16.0 Å². The molecule has 1 amide bonds. The Bertz CT molecular complexity index is 1320. The van der Waals surface area contributed by atoms with Crippen LogP contribution in [0.25, 0.3) is 6.08 Å². The highest BCUT2D eigenvalue weighted by atomic mass is 35.5. The number of anilines is 1. The number of carbonyl (C=O) groups is 1. The van der Waals surface area contributed by atoms with Crippen molar-refractivity contribution in [1.82, 2.24) is 0 Å². The van der Waals surface area contributed by atoms with Gasteiger partial charge in [0.05, 0.1) is 11.6 Å². The molecule has 33 heavy (non-hydrogen) atoms. The summed E-state index contributed by atoms with van der Waals surface area (Å²) in [7, 11) is -4.06. The lowest BCUT2D eigenvalue weighted by Crippen LogP contribution is -2.13. The van der Waals surface area contributed by atoms with Crippen LogP contribution in [0.5, 0.6) is 11.5 Å². The summed E-state index contributed by atoms with van der Waals surface area (Å²) < 4.78 is 35.2. The molecule has 0 saturated heterocycles. The van der Waals surface area contributed by atoms with Crippen molar-refractivity contribution in [3.63, 3.8) is 0 Å². The number of nitrogens with zero attached hydrogens (tertiary/aromatic N) is 1. The molecule has 0 fully saturated rings. The summed E-state index contributed by atoms with van der Waals surface area (Å²) >= 11 is 6.19. The molecule has 3 aromatic carbocycles. The Morgan fingerprint density at radius 1 is 1.09 bits per heavy atom. The van der Waals surface area contributed by atoms with Crippen LogP contribution < -0.4 is 14.2 Å². The predicted octanol–water partition coefficient (Wildman–Crippen LogP) is 5.05. The molecule has 0 radical (unpaired) electrons. The van der Waals surface area contributed by atoms with E-state index in [1.165, 1.54) is 36.4 Å². The van der Waals surface area contributed by atoms with Gasteiger partial charge in [-0.05, 0) is 67.1 Å². The highest BCUT2D eigenvalue weighted by Gasteiger charge is 2.18. The lowest BCUT2D eigenvalue weighted by Gasteiger charge is -2.09. The maximum absolute atomic E-state index is 12.5. The largest absolute Gasteiger partial charge is 0.494 e. The standard InChI is InChI=1S/C24H19ClN2O5S/c1-2-31-20-11-9-19(10-12-20)27-24(28)18(16-26)14-17-8-13-23(22(25)15-17)32-33(29,30)21-6-4-3-5-7-21/h3-15H,2H2,1H3,(H,27,28)/b18-14+. The van der Waals surface area contributed by atoms with Gasteiger partial charge in [-0.3, -0.25) is 4.79 Å². The number of amides is 1. The number of nitrogens with one attached hydrogen (secondary N) is 1. The number of nitriles is 1. The number of benzene rings is 3. The minimum absolute atomic E-state index is 0.00691. The first-order chi connectivity index (χ1) is 15.8. The highest BCUT2D eigenvalue weighted by molar-refractivity contribution is 7.87. The van der Waals surface area contributed by atoms with Crippen molar-refractivity contribution in [3.8, 4) is 17.6 Å². The van der Waals surface area contributed by atoms with Gasteiger partial charge in [0.1, 0.15) is 22.3 Å². The first kappa shape index (κ1) is 23.9. The third kappa shape index (κ3) is 6.35. The number of hydrogen-bond donors (Lipinski definition) is 1. The van der Waals surface area contributed by atoms with E-state index in [0.29, 0.717) is 23.6 Å². The second-order valence-corrected chi connectivity index (χ2v) is 8.58. The van der Waals surface area contributed by atoms with Crippen molar-refractivity contribution in [1.29, 1.82) is 5.26 Å². The molecule has 0 heterocycles. The van der Waals surface area contributed by atoms with Crippen LogP contribution in [0.2, 0.25) is 5.02 Å². The van der Waals surface area contributed by atoms with Crippen LogP contribution in [-0.2, 0) is 14.9 Å². The molecule has 0 aliphatic rings. The van der Waals surface area contributed by atoms with Crippen molar-refractivity contribution in [2.75, 3.05) is 11.9 Å². The maximum Gasteiger partial charge on any atom is 0.339 e. The fourth-order valence-electron chi connectivity index (χ4n) is 2.74. The molecule has 0 spiro atoms. The number of halogens is 1. The van der Waals surface area contributed by atoms with Gasteiger partial charge in [-0.25, -0.2) is 0 Å². The zero-order valence-corrected chi connectivity index (χ0v) is 19.1. The van der Waals surface area contributed by atoms with E-state index >= 15 is 0 Å². The lowest BCUT2D eigenvalue weighted by molar-refractivity contribution is -0.112. The number of ether oxygens (including phenoxy) is 1. The Morgan fingerprint density at radius 2 is 1.79 bits per heavy atom. The van der Waals surface area contributed by atoms with E-state index in [1.807, 2.05) is 13.0 Å². The summed E-state index contributed by atoms with van der Waals surface area (Å²) in [4.78, 5) is 12.5. The summed E-state index contributed by atoms with van der Waals surface area (Å²) in [5.74, 6) is -0.0162. The molecule has 0 aromatic heterocycles. The van der Waals surface area contributed by atoms with Crippen LogP contribution in [-0.4, -0.2) is 20.9 Å². The molecule has 0 unspecified atom stereocenters. The zero-order chi connectivity index (χ0) is 23.8. The molecule has 7 nitrogen and oxygen atoms in total.